The summed E-state index contributed by atoms with van der Waals surface area (Å²) in [6.07, 6.45) is 3.73. The molecule has 2 nitrogen and oxygen atoms in total. The van der Waals surface area contributed by atoms with Crippen molar-refractivity contribution in [3.8, 4) is 5.75 Å². The highest BCUT2D eigenvalue weighted by atomic mass is 127. The van der Waals surface area contributed by atoms with Crippen LogP contribution in [0.2, 0.25) is 0 Å². The number of para-hydroxylation sites is 1. The molecule has 0 aliphatic heterocycles. The summed E-state index contributed by atoms with van der Waals surface area (Å²) in [5.74, 6) is 1.36. The van der Waals surface area contributed by atoms with Gasteiger partial charge in [0.2, 0.25) is 0 Å². The van der Waals surface area contributed by atoms with E-state index in [2.05, 4.69) is 29.2 Å². The van der Waals surface area contributed by atoms with Gasteiger partial charge in [0.25, 0.3) is 0 Å². The molecule has 0 aliphatic rings. The molecular formula is C12H12INO. The molecule has 0 heterocycles. The quantitative estimate of drug-likeness (QED) is 0.382. The Morgan fingerprint density at radius 1 is 1.47 bits per heavy atom. The summed E-state index contributed by atoms with van der Waals surface area (Å²) in [6, 6.07) is 7.67. The monoisotopic (exact) mass is 313 g/mol. The van der Waals surface area contributed by atoms with Crippen LogP contribution < -0.4 is 4.74 Å². The molecule has 0 amide bonds. The maximum Gasteiger partial charge on any atom is 0.130 e. The Morgan fingerprint density at radius 3 is 2.87 bits per heavy atom. The molecule has 0 unspecified atom stereocenters. The van der Waals surface area contributed by atoms with E-state index in [0.29, 0.717) is 12.2 Å². The SMILES string of the molecule is C=C(/C=C\I)Oc1ccccc1CC=N. The second kappa shape index (κ2) is 6.40. The Kier molecular flexibility index (Phi) is 5.10. The molecule has 0 atom stereocenters. The predicted octanol–water partition coefficient (Wildman–Crippen LogP) is 3.72. The van der Waals surface area contributed by atoms with Crippen LogP contribution in [0.15, 0.2) is 46.8 Å². The third-order valence-electron chi connectivity index (χ3n) is 1.78. The summed E-state index contributed by atoms with van der Waals surface area (Å²) >= 11 is 2.11. The highest BCUT2D eigenvalue weighted by Crippen LogP contribution is 2.20. The van der Waals surface area contributed by atoms with Gasteiger partial charge >= 0.3 is 0 Å². The Balaban J connectivity index is 2.83. The van der Waals surface area contributed by atoms with Crippen molar-refractivity contribution in [1.82, 2.24) is 0 Å². The lowest BCUT2D eigenvalue weighted by Crippen LogP contribution is -1.95. The number of nitrogens with one attached hydrogen (secondary N) is 1. The van der Waals surface area contributed by atoms with Crippen LogP contribution in [-0.4, -0.2) is 6.21 Å². The summed E-state index contributed by atoms with van der Waals surface area (Å²) in [5, 5.41) is 7.08. The Morgan fingerprint density at radius 2 is 2.20 bits per heavy atom. The van der Waals surface area contributed by atoms with E-state index in [1.807, 2.05) is 28.3 Å². The lowest BCUT2D eigenvalue weighted by atomic mass is 10.1. The van der Waals surface area contributed by atoms with Gasteiger partial charge in [-0.25, -0.2) is 0 Å². The second-order valence-electron chi connectivity index (χ2n) is 2.88. The summed E-state index contributed by atoms with van der Waals surface area (Å²) in [6.45, 7) is 3.77. The smallest absolute Gasteiger partial charge is 0.130 e. The van der Waals surface area contributed by atoms with Crippen LogP contribution in [0.1, 0.15) is 5.56 Å². The third kappa shape index (κ3) is 3.87. The average Bonchev–Trinajstić information content (AvgIpc) is 2.21. The molecule has 0 bridgehead atoms. The molecule has 0 radical (unpaired) electrons. The summed E-state index contributed by atoms with van der Waals surface area (Å²) in [7, 11) is 0. The fourth-order valence-electron chi connectivity index (χ4n) is 1.13. The van der Waals surface area contributed by atoms with Gasteiger partial charge < -0.3 is 10.1 Å². The molecule has 0 aliphatic carbocycles. The fraction of sp³-hybridized carbons (Fsp3) is 0.0833. The molecule has 1 rings (SSSR count). The van der Waals surface area contributed by atoms with Crippen LogP contribution in [0.4, 0.5) is 0 Å². The molecule has 3 heteroatoms. The summed E-state index contributed by atoms with van der Waals surface area (Å²) in [4.78, 5) is 0. The highest BCUT2D eigenvalue weighted by Gasteiger charge is 2.01. The number of ether oxygens (including phenoxy) is 1. The fourth-order valence-corrected chi connectivity index (χ4v) is 1.53. The van der Waals surface area contributed by atoms with E-state index in [-0.39, 0.29) is 0 Å². The van der Waals surface area contributed by atoms with Crippen molar-refractivity contribution in [3.63, 3.8) is 0 Å². The van der Waals surface area contributed by atoms with E-state index in [0.717, 1.165) is 11.3 Å². The van der Waals surface area contributed by atoms with Crippen LogP contribution in [0, 0.1) is 5.41 Å². The summed E-state index contributed by atoms with van der Waals surface area (Å²) < 4.78 is 7.40. The Labute approximate surface area is 103 Å². The van der Waals surface area contributed by atoms with Gasteiger partial charge in [0.1, 0.15) is 11.5 Å². The van der Waals surface area contributed by atoms with E-state index < -0.39 is 0 Å². The van der Waals surface area contributed by atoms with E-state index in [1.165, 1.54) is 6.21 Å². The van der Waals surface area contributed by atoms with Crippen molar-refractivity contribution in [2.45, 2.75) is 6.42 Å². The topological polar surface area (TPSA) is 33.1 Å². The number of benzene rings is 1. The first-order valence-electron chi connectivity index (χ1n) is 4.48. The van der Waals surface area contributed by atoms with Crippen LogP contribution in [0.25, 0.3) is 0 Å². The third-order valence-corrected chi connectivity index (χ3v) is 2.14. The van der Waals surface area contributed by atoms with Crippen LogP contribution in [0.5, 0.6) is 5.75 Å². The van der Waals surface area contributed by atoms with Crippen molar-refractivity contribution in [1.29, 1.82) is 5.41 Å². The van der Waals surface area contributed by atoms with Gasteiger partial charge in [0.15, 0.2) is 0 Å². The molecule has 0 saturated carbocycles. The first kappa shape index (κ1) is 12.0. The van der Waals surface area contributed by atoms with Crippen molar-refractivity contribution in [3.05, 3.63) is 52.3 Å². The zero-order valence-electron chi connectivity index (χ0n) is 8.24. The molecule has 78 valence electrons. The summed E-state index contributed by atoms with van der Waals surface area (Å²) in [5.41, 5.74) is 0.996. The molecule has 1 aromatic rings. The zero-order valence-corrected chi connectivity index (χ0v) is 10.4. The number of hydrogen-bond acceptors (Lipinski definition) is 2. The predicted molar refractivity (Wildman–Crippen MR) is 71.9 cm³/mol. The minimum Gasteiger partial charge on any atom is -0.458 e. The maximum absolute atomic E-state index is 7.08. The van der Waals surface area contributed by atoms with Gasteiger partial charge in [-0.1, -0.05) is 47.4 Å². The zero-order chi connectivity index (χ0) is 11.1. The van der Waals surface area contributed by atoms with Crippen molar-refractivity contribution < 1.29 is 4.74 Å². The second-order valence-corrected chi connectivity index (χ2v) is 3.60. The number of rotatable bonds is 5. The minimum atomic E-state index is 0.581. The lowest BCUT2D eigenvalue weighted by Gasteiger charge is -2.08. The van der Waals surface area contributed by atoms with E-state index in [4.69, 9.17) is 10.1 Å². The average molecular weight is 313 g/mol. The molecule has 0 spiro atoms. The van der Waals surface area contributed by atoms with Gasteiger partial charge in [-0.05, 0) is 22.4 Å². The molecule has 1 aromatic carbocycles. The van der Waals surface area contributed by atoms with Gasteiger partial charge in [-0.3, -0.25) is 0 Å². The number of hydrogen-bond donors (Lipinski definition) is 1. The first-order valence-corrected chi connectivity index (χ1v) is 5.73. The molecule has 1 N–H and O–H groups in total. The standard InChI is InChI=1S/C12H12INO/c1-10(6-8-13)15-12-5-3-2-4-11(12)7-9-14/h2-6,8-9,14H,1,7H2/b8-6-,14-9?. The van der Waals surface area contributed by atoms with E-state index in [9.17, 15) is 0 Å². The van der Waals surface area contributed by atoms with Crippen molar-refractivity contribution >= 4 is 28.8 Å². The van der Waals surface area contributed by atoms with Crippen LogP contribution in [0.3, 0.4) is 0 Å². The van der Waals surface area contributed by atoms with Gasteiger partial charge in [0, 0.05) is 12.0 Å². The Bertz CT molecular complexity index is 385. The van der Waals surface area contributed by atoms with Crippen LogP contribution in [-0.2, 0) is 6.42 Å². The number of halogens is 1. The largest absolute Gasteiger partial charge is 0.458 e. The molecule has 0 fully saturated rings. The van der Waals surface area contributed by atoms with Crippen LogP contribution >= 0.6 is 22.6 Å². The van der Waals surface area contributed by atoms with Gasteiger partial charge in [-0.2, -0.15) is 0 Å². The Hall–Kier alpha value is -1.10. The normalized spacial score (nSPS) is 10.2. The van der Waals surface area contributed by atoms with Gasteiger partial charge in [0.05, 0.1) is 0 Å². The van der Waals surface area contributed by atoms with Gasteiger partial charge in [-0.15, -0.1) is 0 Å². The maximum atomic E-state index is 7.08. The molecule has 15 heavy (non-hydrogen) atoms. The molecule has 0 aromatic heterocycles. The molecule has 0 saturated heterocycles. The molecular weight excluding hydrogens is 301 g/mol. The van der Waals surface area contributed by atoms with Crippen molar-refractivity contribution in [2.75, 3.05) is 0 Å². The lowest BCUT2D eigenvalue weighted by molar-refractivity contribution is 0.443. The van der Waals surface area contributed by atoms with Crippen molar-refractivity contribution in [2.24, 2.45) is 0 Å². The van der Waals surface area contributed by atoms with E-state index in [1.54, 1.807) is 6.08 Å². The van der Waals surface area contributed by atoms with E-state index >= 15 is 0 Å². The minimum absolute atomic E-state index is 0.581. The number of allylic oxidation sites excluding steroid dienone is 1. The highest BCUT2D eigenvalue weighted by molar-refractivity contribution is 14.1. The first-order chi connectivity index (χ1) is 7.27.